The molecule has 0 radical (unpaired) electrons. The van der Waals surface area contributed by atoms with E-state index in [1.165, 1.54) is 0 Å². The lowest BCUT2D eigenvalue weighted by Crippen LogP contribution is -2.37. The molecule has 0 aromatic carbocycles. The Morgan fingerprint density at radius 3 is 2.35 bits per heavy atom. The average molecular weight is 420 g/mol. The van der Waals surface area contributed by atoms with Gasteiger partial charge in [0.15, 0.2) is 6.23 Å². The highest BCUT2D eigenvalue weighted by molar-refractivity contribution is 7.60. The van der Waals surface area contributed by atoms with Crippen molar-refractivity contribution in [1.29, 1.82) is 0 Å². The topological polar surface area (TPSA) is 218 Å². The third-order valence-corrected chi connectivity index (χ3v) is 5.23. The summed E-state index contributed by atoms with van der Waals surface area (Å²) in [6.45, 7) is -0.902. The Morgan fingerprint density at radius 2 is 1.81 bits per heavy atom. The maximum atomic E-state index is 11.7. The Bertz CT molecular complexity index is 830. The molecule has 1 aliphatic rings. The lowest BCUT2D eigenvalue weighted by Gasteiger charge is -2.17. The first-order valence-electron chi connectivity index (χ1n) is 6.47. The number of ether oxygens (including phenoxy) is 1. The van der Waals surface area contributed by atoms with Gasteiger partial charge in [-0.15, -0.1) is 0 Å². The first-order valence-corrected chi connectivity index (χ1v) is 9.49. The summed E-state index contributed by atoms with van der Waals surface area (Å²) in [7, 11) is -10.5. The maximum Gasteiger partial charge on any atom is 0.481 e. The second kappa shape index (κ2) is 8.23. The largest absolute Gasteiger partial charge is 0.481 e. The van der Waals surface area contributed by atoms with Gasteiger partial charge < -0.3 is 29.6 Å². The van der Waals surface area contributed by atoms with Crippen LogP contribution >= 0.6 is 15.6 Å². The Labute approximate surface area is 145 Å². The zero-order valence-corrected chi connectivity index (χ0v) is 13.9. The number of aliphatic hydroxyl groups excluding tert-OH is 2. The fourth-order valence-electron chi connectivity index (χ4n) is 2.05. The van der Waals surface area contributed by atoms with E-state index in [2.05, 4.69) is 8.83 Å². The summed E-state index contributed by atoms with van der Waals surface area (Å²) < 4.78 is 35.6. The van der Waals surface area contributed by atoms with Gasteiger partial charge in [-0.05, 0) is 0 Å². The Balaban J connectivity index is 0.00000338. The number of aromatic nitrogens is 2. The van der Waals surface area contributed by atoms with E-state index in [1.807, 2.05) is 4.98 Å². The van der Waals surface area contributed by atoms with Crippen LogP contribution in [0.15, 0.2) is 21.9 Å². The molecule has 14 nitrogen and oxygen atoms in total. The normalized spacial score (nSPS) is 28.3. The number of aliphatic hydroxyl groups is 2. The molecular weight excluding hydrogens is 402 g/mol. The quantitative estimate of drug-likeness (QED) is 0.276. The molecule has 0 spiro atoms. The van der Waals surface area contributed by atoms with Crippen LogP contribution in [0.1, 0.15) is 13.7 Å². The zero-order chi connectivity index (χ0) is 19.0. The van der Waals surface area contributed by atoms with Crippen LogP contribution in [0.3, 0.4) is 0 Å². The van der Waals surface area contributed by atoms with Crippen molar-refractivity contribution in [1.82, 2.24) is 9.55 Å². The van der Waals surface area contributed by atoms with Gasteiger partial charge in [0.1, 0.15) is 18.3 Å². The van der Waals surface area contributed by atoms with Gasteiger partial charge in [0.05, 0.1) is 6.61 Å². The number of nitrogens with one attached hydrogen (secondary N) is 1. The minimum absolute atomic E-state index is 0. The summed E-state index contributed by atoms with van der Waals surface area (Å²) in [5, 5.41) is 19.8. The van der Waals surface area contributed by atoms with Crippen molar-refractivity contribution in [3.63, 3.8) is 0 Å². The zero-order valence-electron chi connectivity index (χ0n) is 12.1. The third-order valence-electron chi connectivity index (χ3n) is 3.07. The Morgan fingerprint density at radius 1 is 1.19 bits per heavy atom. The van der Waals surface area contributed by atoms with Crippen molar-refractivity contribution < 1.29 is 47.6 Å². The third kappa shape index (κ3) is 5.66. The predicted octanol–water partition coefficient (Wildman–Crippen LogP) is -1.98. The molecule has 0 bridgehead atoms. The van der Waals surface area contributed by atoms with E-state index in [0.717, 1.165) is 16.8 Å². The highest BCUT2D eigenvalue weighted by Gasteiger charge is 2.45. The standard InChI is InChI=1S/C9H14N2O12P2.CH4/c12-5-1-2-11(9(15)10-5)8-7(14)6(13)4(22-8)3-21-25(19,20)23-24(16,17)18;/h1-2,4,6-8,13-14H,3H2,(H,19,20)(H,10,12,15)(H2,16,17,18);1H4/t4-,6?,7+,8-;/m1./s1. The first-order chi connectivity index (χ1) is 11.4. The second-order valence-corrected chi connectivity index (χ2v) is 7.73. The summed E-state index contributed by atoms with van der Waals surface area (Å²) in [5.41, 5.74) is -1.65. The molecule has 0 amide bonds. The SMILES string of the molecule is C.O=c1ccn([C@@H]2O[C@H](COP(=O)(O)OP(=O)(O)O)C(O)[C@@H]2O)c(=O)[nH]1. The molecule has 1 aliphatic heterocycles. The highest BCUT2D eigenvalue weighted by Crippen LogP contribution is 2.57. The molecule has 2 rings (SSSR count). The maximum absolute atomic E-state index is 11.7. The van der Waals surface area contributed by atoms with Crippen LogP contribution in [-0.4, -0.2) is 59.4 Å². The molecule has 16 heteroatoms. The van der Waals surface area contributed by atoms with Gasteiger partial charge >= 0.3 is 21.3 Å². The van der Waals surface area contributed by atoms with Gasteiger partial charge in [-0.2, -0.15) is 4.31 Å². The minimum atomic E-state index is -5.32. The van der Waals surface area contributed by atoms with E-state index in [0.29, 0.717) is 0 Å². The highest BCUT2D eigenvalue weighted by atomic mass is 31.3. The van der Waals surface area contributed by atoms with Gasteiger partial charge in [0, 0.05) is 12.3 Å². The number of aromatic amines is 1. The van der Waals surface area contributed by atoms with Crippen LogP contribution in [-0.2, 0) is 22.7 Å². The van der Waals surface area contributed by atoms with Crippen molar-refractivity contribution in [2.75, 3.05) is 6.61 Å². The van der Waals surface area contributed by atoms with Crippen molar-refractivity contribution in [2.45, 2.75) is 32.0 Å². The molecule has 5 atom stereocenters. The van der Waals surface area contributed by atoms with Crippen LogP contribution in [0.5, 0.6) is 0 Å². The first kappa shape index (κ1) is 22.9. The molecule has 26 heavy (non-hydrogen) atoms. The molecular formula is C10H18N2O12P2. The number of hydrogen-bond donors (Lipinski definition) is 6. The number of phosphoric ester groups is 1. The van der Waals surface area contributed by atoms with Crippen molar-refractivity contribution in [2.24, 2.45) is 0 Å². The second-order valence-electron chi connectivity index (χ2n) is 4.90. The summed E-state index contributed by atoms with van der Waals surface area (Å²) in [5.74, 6) is 0. The number of hydrogen-bond acceptors (Lipinski definition) is 9. The van der Waals surface area contributed by atoms with E-state index in [4.69, 9.17) is 19.4 Å². The molecule has 1 aromatic heterocycles. The lowest BCUT2D eigenvalue weighted by molar-refractivity contribution is -0.0542. The van der Waals surface area contributed by atoms with Crippen molar-refractivity contribution in [3.8, 4) is 0 Å². The van der Waals surface area contributed by atoms with Crippen LogP contribution in [0.2, 0.25) is 0 Å². The van der Waals surface area contributed by atoms with Crippen LogP contribution < -0.4 is 11.2 Å². The van der Waals surface area contributed by atoms with Gasteiger partial charge in [0.2, 0.25) is 0 Å². The molecule has 0 saturated carbocycles. The number of phosphoric acid groups is 2. The molecule has 150 valence electrons. The number of H-pyrrole nitrogens is 1. The Kier molecular flexibility index (Phi) is 7.24. The molecule has 6 N–H and O–H groups in total. The van der Waals surface area contributed by atoms with E-state index in [-0.39, 0.29) is 7.43 Å². The molecule has 1 saturated heterocycles. The summed E-state index contributed by atoms with van der Waals surface area (Å²) in [6.07, 6.45) is -5.25. The summed E-state index contributed by atoms with van der Waals surface area (Å²) in [6, 6.07) is 0.962. The van der Waals surface area contributed by atoms with Crippen LogP contribution in [0.4, 0.5) is 0 Å². The predicted molar refractivity (Wildman–Crippen MR) is 82.9 cm³/mol. The summed E-state index contributed by atoms with van der Waals surface area (Å²) in [4.78, 5) is 50.7. The monoisotopic (exact) mass is 420 g/mol. The van der Waals surface area contributed by atoms with Gasteiger partial charge in [-0.3, -0.25) is 18.9 Å². The van der Waals surface area contributed by atoms with Crippen LogP contribution in [0.25, 0.3) is 0 Å². The van der Waals surface area contributed by atoms with Crippen molar-refractivity contribution in [3.05, 3.63) is 33.1 Å². The number of nitrogens with zero attached hydrogens (tertiary/aromatic N) is 1. The lowest BCUT2D eigenvalue weighted by atomic mass is 10.1. The van der Waals surface area contributed by atoms with Gasteiger partial charge in [0.25, 0.3) is 5.56 Å². The fraction of sp³-hybridized carbons (Fsp3) is 0.600. The Hall–Kier alpha value is -1.18. The van der Waals surface area contributed by atoms with E-state index in [1.54, 1.807) is 0 Å². The van der Waals surface area contributed by atoms with Gasteiger partial charge in [-0.1, -0.05) is 7.43 Å². The van der Waals surface area contributed by atoms with Crippen molar-refractivity contribution >= 4 is 15.6 Å². The van der Waals surface area contributed by atoms with Gasteiger partial charge in [-0.25, -0.2) is 13.9 Å². The molecule has 1 aromatic rings. The molecule has 1 fully saturated rings. The summed E-state index contributed by atoms with van der Waals surface area (Å²) >= 11 is 0. The van der Waals surface area contributed by atoms with E-state index in [9.17, 15) is 28.9 Å². The molecule has 0 aliphatic carbocycles. The van der Waals surface area contributed by atoms with E-state index >= 15 is 0 Å². The smallest absolute Gasteiger partial charge is 0.387 e. The minimum Gasteiger partial charge on any atom is -0.387 e. The number of rotatable bonds is 6. The van der Waals surface area contributed by atoms with Crippen LogP contribution in [0, 0.1) is 0 Å². The molecule has 2 unspecified atom stereocenters. The van der Waals surface area contributed by atoms with E-state index < -0.39 is 58.0 Å². The fourth-order valence-corrected chi connectivity index (χ4v) is 3.65. The average Bonchev–Trinajstić information content (AvgIpc) is 2.71. The molecule has 2 heterocycles.